The van der Waals surface area contributed by atoms with Gasteiger partial charge in [0.25, 0.3) is 15.9 Å². The third-order valence-electron chi connectivity index (χ3n) is 4.88. The zero-order valence-electron chi connectivity index (χ0n) is 13.9. The molecule has 2 aliphatic rings. The molecule has 8 nitrogen and oxygen atoms in total. The Kier molecular flexibility index (Phi) is 4.03. The topological polar surface area (TPSA) is 114 Å². The fraction of sp³-hybridized carbons (Fsp3) is 0.353. The lowest BCUT2D eigenvalue weighted by Crippen LogP contribution is -2.44. The first-order chi connectivity index (χ1) is 12.5. The number of anilines is 1. The minimum absolute atomic E-state index is 0.0589. The molecule has 136 valence electrons. The number of nitrogens with one attached hydrogen (secondary N) is 2. The van der Waals surface area contributed by atoms with Crippen LogP contribution in [0.4, 0.5) is 5.69 Å². The number of para-hydroxylation sites is 1. The highest BCUT2D eigenvalue weighted by Gasteiger charge is 2.40. The number of amides is 1. The normalized spacial score (nSPS) is 19.9. The Labute approximate surface area is 150 Å². The SMILES string of the molecule is O=C(NCC1(c2ncco2)CCCC1)C1=NS(=O)(=O)c2ccccc2N1. The third-order valence-corrected chi connectivity index (χ3v) is 6.21. The molecule has 1 saturated carbocycles. The number of aromatic nitrogens is 1. The molecule has 4 rings (SSSR count). The van der Waals surface area contributed by atoms with Gasteiger partial charge in [0.1, 0.15) is 11.2 Å². The van der Waals surface area contributed by atoms with Crippen molar-refractivity contribution in [2.24, 2.45) is 4.40 Å². The molecule has 0 bridgehead atoms. The summed E-state index contributed by atoms with van der Waals surface area (Å²) in [5.41, 5.74) is -0.0125. The quantitative estimate of drug-likeness (QED) is 0.844. The molecule has 9 heteroatoms. The second kappa shape index (κ2) is 6.24. The molecule has 1 fully saturated rings. The lowest BCUT2D eigenvalue weighted by Gasteiger charge is -2.26. The van der Waals surface area contributed by atoms with E-state index in [0.717, 1.165) is 25.7 Å². The highest BCUT2D eigenvalue weighted by atomic mass is 32.2. The van der Waals surface area contributed by atoms with Gasteiger partial charge in [-0.3, -0.25) is 4.79 Å². The van der Waals surface area contributed by atoms with E-state index in [0.29, 0.717) is 18.1 Å². The number of nitrogens with zero attached hydrogens (tertiary/aromatic N) is 2. The number of benzene rings is 1. The highest BCUT2D eigenvalue weighted by Crippen LogP contribution is 2.39. The van der Waals surface area contributed by atoms with Gasteiger partial charge in [-0.05, 0) is 25.0 Å². The molecule has 2 N–H and O–H groups in total. The van der Waals surface area contributed by atoms with E-state index in [-0.39, 0.29) is 16.1 Å². The van der Waals surface area contributed by atoms with Crippen molar-refractivity contribution < 1.29 is 17.6 Å². The van der Waals surface area contributed by atoms with E-state index in [1.807, 2.05) is 0 Å². The Morgan fingerprint density at radius 2 is 2.04 bits per heavy atom. The van der Waals surface area contributed by atoms with Crippen LogP contribution in [0.15, 0.2) is 50.4 Å². The van der Waals surface area contributed by atoms with E-state index in [1.54, 1.807) is 24.4 Å². The van der Waals surface area contributed by atoms with Crippen molar-refractivity contribution in [1.82, 2.24) is 10.3 Å². The van der Waals surface area contributed by atoms with Crippen LogP contribution >= 0.6 is 0 Å². The summed E-state index contributed by atoms with van der Waals surface area (Å²) in [7, 11) is -3.90. The van der Waals surface area contributed by atoms with Crippen molar-refractivity contribution in [1.29, 1.82) is 0 Å². The second-order valence-electron chi connectivity index (χ2n) is 6.54. The summed E-state index contributed by atoms with van der Waals surface area (Å²) in [6, 6.07) is 6.35. The van der Waals surface area contributed by atoms with Crippen molar-refractivity contribution in [3.63, 3.8) is 0 Å². The van der Waals surface area contributed by atoms with Crippen LogP contribution in [-0.4, -0.2) is 31.7 Å². The Bertz CT molecular complexity index is 960. The molecule has 1 aliphatic heterocycles. The molecule has 2 aromatic rings. The fourth-order valence-corrected chi connectivity index (χ4v) is 4.66. The molecule has 2 heterocycles. The maximum absolute atomic E-state index is 12.5. The zero-order valence-corrected chi connectivity index (χ0v) is 14.8. The molecule has 1 aliphatic carbocycles. The number of hydrogen-bond acceptors (Lipinski definition) is 6. The molecule has 1 aromatic carbocycles. The molecule has 1 amide bonds. The van der Waals surface area contributed by atoms with Crippen molar-refractivity contribution in [2.75, 3.05) is 11.9 Å². The summed E-state index contributed by atoms with van der Waals surface area (Å²) in [6.07, 6.45) is 6.88. The molecule has 0 atom stereocenters. The van der Waals surface area contributed by atoms with Crippen LogP contribution in [0.25, 0.3) is 0 Å². The molecular formula is C17H18N4O4S. The van der Waals surface area contributed by atoms with Crippen LogP contribution in [0, 0.1) is 0 Å². The van der Waals surface area contributed by atoms with Crippen molar-refractivity contribution in [3.05, 3.63) is 42.6 Å². The van der Waals surface area contributed by atoms with E-state index < -0.39 is 15.9 Å². The molecule has 26 heavy (non-hydrogen) atoms. The predicted octanol–water partition coefficient (Wildman–Crippen LogP) is 1.82. The van der Waals surface area contributed by atoms with E-state index in [1.165, 1.54) is 12.3 Å². The van der Waals surface area contributed by atoms with Crippen molar-refractivity contribution in [2.45, 2.75) is 36.0 Å². The summed E-state index contributed by atoms with van der Waals surface area (Å²) >= 11 is 0. The van der Waals surface area contributed by atoms with Crippen LogP contribution in [-0.2, 0) is 20.2 Å². The van der Waals surface area contributed by atoms with Crippen molar-refractivity contribution >= 4 is 27.5 Å². The van der Waals surface area contributed by atoms with Crippen LogP contribution in [0.2, 0.25) is 0 Å². The van der Waals surface area contributed by atoms with Crippen molar-refractivity contribution in [3.8, 4) is 0 Å². The Morgan fingerprint density at radius 1 is 1.27 bits per heavy atom. The molecule has 0 radical (unpaired) electrons. The first kappa shape index (κ1) is 16.8. The predicted molar refractivity (Wildman–Crippen MR) is 94.3 cm³/mol. The maximum Gasteiger partial charge on any atom is 0.287 e. The zero-order chi connectivity index (χ0) is 18.2. The van der Waals surface area contributed by atoms with E-state index >= 15 is 0 Å². The first-order valence-electron chi connectivity index (χ1n) is 8.39. The largest absolute Gasteiger partial charge is 0.448 e. The first-order valence-corrected chi connectivity index (χ1v) is 9.83. The summed E-state index contributed by atoms with van der Waals surface area (Å²) in [6.45, 7) is 0.314. The lowest BCUT2D eigenvalue weighted by molar-refractivity contribution is -0.115. The van der Waals surface area contributed by atoms with E-state index in [9.17, 15) is 13.2 Å². The number of oxazole rings is 1. The highest BCUT2D eigenvalue weighted by molar-refractivity contribution is 7.90. The van der Waals surface area contributed by atoms with Crippen LogP contribution in [0.3, 0.4) is 0 Å². The van der Waals surface area contributed by atoms with Gasteiger partial charge < -0.3 is 15.1 Å². The molecule has 1 aromatic heterocycles. The van der Waals surface area contributed by atoms with Gasteiger partial charge in [-0.2, -0.15) is 8.42 Å². The average Bonchev–Trinajstić information content (AvgIpc) is 3.31. The summed E-state index contributed by atoms with van der Waals surface area (Å²) in [4.78, 5) is 16.9. The fourth-order valence-electron chi connectivity index (χ4n) is 3.55. The number of fused-ring (bicyclic) bond motifs is 1. The Morgan fingerprint density at radius 3 is 2.77 bits per heavy atom. The lowest BCUT2D eigenvalue weighted by atomic mass is 9.86. The Balaban J connectivity index is 1.53. The number of amidine groups is 1. The van der Waals surface area contributed by atoms with Gasteiger partial charge in [0.05, 0.1) is 17.3 Å². The summed E-state index contributed by atoms with van der Waals surface area (Å²) < 4.78 is 33.6. The number of hydrogen-bond donors (Lipinski definition) is 2. The van der Waals surface area contributed by atoms with Gasteiger partial charge in [0.2, 0.25) is 11.7 Å². The van der Waals surface area contributed by atoms with Gasteiger partial charge in [-0.1, -0.05) is 25.0 Å². The average molecular weight is 374 g/mol. The van der Waals surface area contributed by atoms with Crippen LogP contribution < -0.4 is 10.6 Å². The van der Waals surface area contributed by atoms with Gasteiger partial charge in [0.15, 0.2) is 0 Å². The molecule has 0 unspecified atom stereocenters. The number of rotatable bonds is 4. The number of sulfonamides is 1. The third kappa shape index (κ3) is 2.88. The second-order valence-corrected chi connectivity index (χ2v) is 8.12. The number of carbonyl (C=O) groups excluding carboxylic acids is 1. The Hall–Kier alpha value is -2.68. The monoisotopic (exact) mass is 374 g/mol. The maximum atomic E-state index is 12.5. The van der Waals surface area contributed by atoms with E-state index in [2.05, 4.69) is 20.0 Å². The smallest absolute Gasteiger partial charge is 0.287 e. The van der Waals surface area contributed by atoms with E-state index in [4.69, 9.17) is 4.42 Å². The molecule has 0 spiro atoms. The van der Waals surface area contributed by atoms with Gasteiger partial charge in [-0.15, -0.1) is 4.40 Å². The minimum atomic E-state index is -3.90. The standard InChI is InChI=1S/C17H18N4O4S/c22-15(14-20-12-5-1-2-6-13(12)26(23,24)21-14)19-11-17(7-3-4-8-17)16-18-9-10-25-16/h1-2,5-6,9-10H,3-4,7-8,11H2,(H,19,22)(H,20,21). The summed E-state index contributed by atoms with van der Waals surface area (Å²) in [5.74, 6) is -0.197. The number of carbonyl (C=O) groups is 1. The van der Waals surface area contributed by atoms with Crippen LogP contribution in [0.5, 0.6) is 0 Å². The minimum Gasteiger partial charge on any atom is -0.448 e. The van der Waals surface area contributed by atoms with Crippen LogP contribution in [0.1, 0.15) is 31.6 Å². The summed E-state index contributed by atoms with van der Waals surface area (Å²) in [5, 5.41) is 5.59. The van der Waals surface area contributed by atoms with Gasteiger partial charge >= 0.3 is 0 Å². The van der Waals surface area contributed by atoms with Gasteiger partial charge in [0, 0.05) is 6.54 Å². The molecule has 0 saturated heterocycles. The molecular weight excluding hydrogens is 356 g/mol. The van der Waals surface area contributed by atoms with Gasteiger partial charge in [-0.25, -0.2) is 4.98 Å².